The highest BCUT2D eigenvalue weighted by Gasteiger charge is 2.37. The lowest BCUT2D eigenvalue weighted by Crippen LogP contribution is -2.65. The second-order valence-corrected chi connectivity index (χ2v) is 6.55. The summed E-state index contributed by atoms with van der Waals surface area (Å²) in [5.74, 6) is -1.11. The van der Waals surface area contributed by atoms with E-state index in [1.165, 1.54) is 12.1 Å². The standard InChI is InChI=1S/C17H20F3N3O3/c18-17(19,20)26-11-5-3-4-10(8-11)21-15(24)9-14-16(25)23-13-7-2-1-6-12(13)22-14/h3-5,8,12-14,22H,1-2,6-7,9H2,(H,21,24)(H,23,25)/t12-,13+,14-/m0/s1. The number of ether oxygens (including phenoxy) is 1. The van der Waals surface area contributed by atoms with Gasteiger partial charge in [-0.05, 0) is 25.0 Å². The molecular formula is C17H20F3N3O3. The maximum Gasteiger partial charge on any atom is 0.573 e. The fourth-order valence-electron chi connectivity index (χ4n) is 3.44. The van der Waals surface area contributed by atoms with Gasteiger partial charge < -0.3 is 20.7 Å². The zero-order chi connectivity index (χ0) is 18.7. The first-order valence-electron chi connectivity index (χ1n) is 8.52. The molecule has 2 fully saturated rings. The van der Waals surface area contributed by atoms with E-state index in [9.17, 15) is 22.8 Å². The molecule has 1 heterocycles. The molecule has 1 aliphatic carbocycles. The van der Waals surface area contributed by atoms with Crippen LogP contribution in [0.4, 0.5) is 18.9 Å². The van der Waals surface area contributed by atoms with Crippen molar-refractivity contribution in [3.05, 3.63) is 24.3 Å². The summed E-state index contributed by atoms with van der Waals surface area (Å²) in [5.41, 5.74) is 0.170. The Hall–Kier alpha value is -2.29. The van der Waals surface area contributed by atoms with E-state index >= 15 is 0 Å². The number of fused-ring (bicyclic) bond motifs is 1. The molecule has 2 amide bonds. The van der Waals surface area contributed by atoms with E-state index in [0.717, 1.165) is 37.8 Å². The summed E-state index contributed by atoms with van der Waals surface area (Å²) in [6.07, 6.45) is -0.879. The molecule has 0 spiro atoms. The van der Waals surface area contributed by atoms with Crippen LogP contribution in [0.15, 0.2) is 24.3 Å². The summed E-state index contributed by atoms with van der Waals surface area (Å²) in [7, 11) is 0. The van der Waals surface area contributed by atoms with Gasteiger partial charge in [-0.2, -0.15) is 0 Å². The van der Waals surface area contributed by atoms with Crippen molar-refractivity contribution < 1.29 is 27.5 Å². The van der Waals surface area contributed by atoms with Crippen molar-refractivity contribution in [2.75, 3.05) is 5.32 Å². The Balaban J connectivity index is 1.57. The van der Waals surface area contributed by atoms with Gasteiger partial charge in [0.15, 0.2) is 0 Å². The predicted octanol–water partition coefficient (Wildman–Crippen LogP) is 2.31. The second-order valence-electron chi connectivity index (χ2n) is 6.55. The third-order valence-electron chi connectivity index (χ3n) is 4.57. The van der Waals surface area contributed by atoms with E-state index in [2.05, 4.69) is 20.7 Å². The molecule has 1 saturated heterocycles. The number of alkyl halides is 3. The molecule has 1 saturated carbocycles. The number of benzene rings is 1. The van der Waals surface area contributed by atoms with E-state index in [1.54, 1.807) is 0 Å². The Morgan fingerprint density at radius 3 is 2.69 bits per heavy atom. The number of halogens is 3. The molecule has 6 nitrogen and oxygen atoms in total. The van der Waals surface area contributed by atoms with E-state index < -0.39 is 24.1 Å². The van der Waals surface area contributed by atoms with Gasteiger partial charge >= 0.3 is 6.36 Å². The van der Waals surface area contributed by atoms with Crippen LogP contribution in [0.25, 0.3) is 0 Å². The van der Waals surface area contributed by atoms with E-state index in [0.29, 0.717) is 0 Å². The zero-order valence-corrected chi connectivity index (χ0v) is 13.9. The van der Waals surface area contributed by atoms with Gasteiger partial charge in [0.05, 0.1) is 12.5 Å². The first kappa shape index (κ1) is 18.5. The number of rotatable bonds is 4. The Kier molecular flexibility index (Phi) is 5.36. The number of piperazine rings is 1. The molecule has 2 aliphatic rings. The van der Waals surface area contributed by atoms with Crippen LogP contribution in [0.3, 0.4) is 0 Å². The maximum absolute atomic E-state index is 12.3. The molecule has 9 heteroatoms. The highest BCUT2D eigenvalue weighted by molar-refractivity contribution is 5.95. The average molecular weight is 371 g/mol. The number of hydrogen-bond donors (Lipinski definition) is 3. The molecule has 0 aromatic heterocycles. The van der Waals surface area contributed by atoms with Crippen LogP contribution >= 0.6 is 0 Å². The SMILES string of the molecule is O=C(C[C@@H]1N[C@H]2CCCC[C@H]2NC1=O)Nc1cccc(OC(F)(F)F)c1. The third-order valence-corrected chi connectivity index (χ3v) is 4.57. The molecule has 1 aromatic rings. The lowest BCUT2D eigenvalue weighted by atomic mass is 9.87. The quantitative estimate of drug-likeness (QED) is 0.759. The molecule has 0 unspecified atom stereocenters. The first-order chi connectivity index (χ1) is 12.3. The smallest absolute Gasteiger partial charge is 0.406 e. The van der Waals surface area contributed by atoms with Crippen LogP contribution in [0.5, 0.6) is 5.75 Å². The Morgan fingerprint density at radius 1 is 1.23 bits per heavy atom. The number of hydrogen-bond acceptors (Lipinski definition) is 4. The number of nitrogens with one attached hydrogen (secondary N) is 3. The van der Waals surface area contributed by atoms with Gasteiger partial charge in [-0.1, -0.05) is 18.9 Å². The molecule has 26 heavy (non-hydrogen) atoms. The molecule has 142 valence electrons. The van der Waals surface area contributed by atoms with E-state index in [-0.39, 0.29) is 30.1 Å². The van der Waals surface area contributed by atoms with Crippen molar-refractivity contribution in [3.8, 4) is 5.75 Å². The van der Waals surface area contributed by atoms with Crippen molar-refractivity contribution in [1.82, 2.24) is 10.6 Å². The first-order valence-corrected chi connectivity index (χ1v) is 8.52. The Morgan fingerprint density at radius 2 is 1.96 bits per heavy atom. The lowest BCUT2D eigenvalue weighted by Gasteiger charge is -2.40. The van der Waals surface area contributed by atoms with Crippen LogP contribution in [-0.4, -0.2) is 36.3 Å². The van der Waals surface area contributed by atoms with Crippen LogP contribution in [0.2, 0.25) is 0 Å². The molecule has 0 bridgehead atoms. The predicted molar refractivity (Wildman–Crippen MR) is 87.5 cm³/mol. The van der Waals surface area contributed by atoms with Gasteiger partial charge in [-0.15, -0.1) is 13.2 Å². The molecule has 0 radical (unpaired) electrons. The lowest BCUT2D eigenvalue weighted by molar-refractivity contribution is -0.274. The summed E-state index contributed by atoms with van der Waals surface area (Å²) in [4.78, 5) is 24.3. The van der Waals surface area contributed by atoms with Crippen LogP contribution in [0.1, 0.15) is 32.1 Å². The monoisotopic (exact) mass is 371 g/mol. The number of carbonyl (C=O) groups is 2. The van der Waals surface area contributed by atoms with Gasteiger partial charge in [0.2, 0.25) is 11.8 Å². The summed E-state index contributed by atoms with van der Waals surface area (Å²) in [6.45, 7) is 0. The largest absolute Gasteiger partial charge is 0.573 e. The highest BCUT2D eigenvalue weighted by Crippen LogP contribution is 2.25. The fourth-order valence-corrected chi connectivity index (χ4v) is 3.44. The Bertz CT molecular complexity index is 681. The van der Waals surface area contributed by atoms with Crippen molar-refractivity contribution in [3.63, 3.8) is 0 Å². The number of carbonyl (C=O) groups excluding carboxylic acids is 2. The zero-order valence-electron chi connectivity index (χ0n) is 13.9. The number of anilines is 1. The highest BCUT2D eigenvalue weighted by atomic mass is 19.4. The van der Waals surface area contributed by atoms with Gasteiger partial charge in [-0.3, -0.25) is 9.59 Å². The summed E-state index contributed by atoms with van der Waals surface area (Å²) < 4.78 is 40.6. The average Bonchev–Trinajstić information content (AvgIpc) is 2.54. The minimum atomic E-state index is -4.80. The molecule has 3 atom stereocenters. The number of amides is 2. The minimum Gasteiger partial charge on any atom is -0.406 e. The fraction of sp³-hybridized carbons (Fsp3) is 0.529. The van der Waals surface area contributed by atoms with Gasteiger partial charge in [-0.25, -0.2) is 0 Å². The molecule has 3 rings (SSSR count). The van der Waals surface area contributed by atoms with Crippen LogP contribution in [0, 0.1) is 0 Å². The van der Waals surface area contributed by atoms with Gasteiger partial charge in [0.1, 0.15) is 5.75 Å². The van der Waals surface area contributed by atoms with Crippen molar-refractivity contribution in [2.45, 2.75) is 56.6 Å². The normalized spacial score (nSPS) is 25.8. The second kappa shape index (κ2) is 7.53. The molecule has 1 aromatic carbocycles. The van der Waals surface area contributed by atoms with E-state index in [1.807, 2.05) is 0 Å². The summed E-state index contributed by atoms with van der Waals surface area (Å²) in [6, 6.07) is 4.62. The minimum absolute atomic E-state index is 0.0978. The molecular weight excluding hydrogens is 351 g/mol. The van der Waals surface area contributed by atoms with Gasteiger partial charge in [0, 0.05) is 23.8 Å². The topological polar surface area (TPSA) is 79.5 Å². The third kappa shape index (κ3) is 4.87. The van der Waals surface area contributed by atoms with Crippen molar-refractivity contribution >= 4 is 17.5 Å². The van der Waals surface area contributed by atoms with Crippen LogP contribution < -0.4 is 20.7 Å². The van der Waals surface area contributed by atoms with Crippen LogP contribution in [-0.2, 0) is 9.59 Å². The van der Waals surface area contributed by atoms with E-state index in [4.69, 9.17) is 0 Å². The van der Waals surface area contributed by atoms with Crippen molar-refractivity contribution in [2.24, 2.45) is 0 Å². The van der Waals surface area contributed by atoms with Gasteiger partial charge in [0.25, 0.3) is 0 Å². The molecule has 1 aliphatic heterocycles. The molecule has 3 N–H and O–H groups in total. The summed E-state index contributed by atoms with van der Waals surface area (Å²) >= 11 is 0. The Labute approximate surface area is 148 Å². The van der Waals surface area contributed by atoms with Crippen molar-refractivity contribution in [1.29, 1.82) is 0 Å². The maximum atomic E-state index is 12.3. The summed E-state index contributed by atoms with van der Waals surface area (Å²) in [5, 5.41) is 8.67.